The van der Waals surface area contributed by atoms with E-state index in [2.05, 4.69) is 17.1 Å². The second-order valence-corrected chi connectivity index (χ2v) is 6.34. The summed E-state index contributed by atoms with van der Waals surface area (Å²) < 4.78 is 0. The third kappa shape index (κ3) is 4.09. The summed E-state index contributed by atoms with van der Waals surface area (Å²) in [4.78, 5) is 18.1. The number of piperidine rings is 2. The molecule has 5 heteroatoms. The average Bonchev–Trinajstić information content (AvgIpc) is 2.47. The minimum Gasteiger partial charge on any atom is -0.331 e. The highest BCUT2D eigenvalue weighted by atomic mass is 16.2. The SMILES string of the molecule is CCN1CCCC(NC2CCN(C(=O)N(C)C)CC2)C1. The van der Waals surface area contributed by atoms with Crippen molar-refractivity contribution in [3.63, 3.8) is 0 Å². The van der Waals surface area contributed by atoms with Gasteiger partial charge >= 0.3 is 6.03 Å². The highest BCUT2D eigenvalue weighted by Gasteiger charge is 2.26. The fraction of sp³-hybridized carbons (Fsp3) is 0.933. The average molecular weight is 282 g/mol. The highest BCUT2D eigenvalue weighted by molar-refractivity contribution is 5.73. The first-order valence-corrected chi connectivity index (χ1v) is 8.04. The number of likely N-dealkylation sites (tertiary alicyclic amines) is 2. The summed E-state index contributed by atoms with van der Waals surface area (Å²) in [7, 11) is 3.65. The molecule has 0 saturated carbocycles. The summed E-state index contributed by atoms with van der Waals surface area (Å²) in [5, 5.41) is 3.82. The molecule has 5 nitrogen and oxygen atoms in total. The van der Waals surface area contributed by atoms with Gasteiger partial charge in [0, 0.05) is 45.8 Å². The van der Waals surface area contributed by atoms with Crippen molar-refractivity contribution in [2.75, 3.05) is 46.8 Å². The summed E-state index contributed by atoms with van der Waals surface area (Å²) in [6, 6.07) is 1.38. The number of carbonyl (C=O) groups excluding carboxylic acids is 1. The van der Waals surface area contributed by atoms with Crippen molar-refractivity contribution < 1.29 is 4.79 Å². The Kier molecular flexibility index (Phi) is 5.66. The molecular formula is C15H30N4O. The van der Waals surface area contributed by atoms with Crippen LogP contribution in [-0.4, -0.2) is 79.6 Å². The summed E-state index contributed by atoms with van der Waals surface area (Å²) in [6.45, 7) is 7.62. The van der Waals surface area contributed by atoms with E-state index in [9.17, 15) is 4.79 Å². The van der Waals surface area contributed by atoms with Gasteiger partial charge in [-0.15, -0.1) is 0 Å². The fourth-order valence-corrected chi connectivity index (χ4v) is 3.33. The first-order chi connectivity index (χ1) is 9.60. The van der Waals surface area contributed by atoms with Crippen LogP contribution in [0.15, 0.2) is 0 Å². The number of amides is 2. The first-order valence-electron chi connectivity index (χ1n) is 8.04. The Bertz CT molecular complexity index is 313. The Labute approximate surface area is 123 Å². The van der Waals surface area contributed by atoms with Gasteiger partial charge in [-0.05, 0) is 38.8 Å². The van der Waals surface area contributed by atoms with Crippen LogP contribution in [0.25, 0.3) is 0 Å². The smallest absolute Gasteiger partial charge is 0.319 e. The van der Waals surface area contributed by atoms with Crippen LogP contribution >= 0.6 is 0 Å². The van der Waals surface area contributed by atoms with Crippen molar-refractivity contribution in [2.24, 2.45) is 0 Å². The molecule has 0 radical (unpaired) electrons. The van der Waals surface area contributed by atoms with Gasteiger partial charge in [0.1, 0.15) is 0 Å². The minimum atomic E-state index is 0.151. The maximum atomic E-state index is 11.9. The van der Waals surface area contributed by atoms with E-state index in [1.807, 2.05) is 19.0 Å². The molecule has 2 rings (SSSR count). The van der Waals surface area contributed by atoms with Crippen LogP contribution in [0.2, 0.25) is 0 Å². The van der Waals surface area contributed by atoms with E-state index < -0.39 is 0 Å². The standard InChI is InChI=1S/C15H30N4O/c1-4-18-9-5-6-14(12-18)16-13-7-10-19(11-8-13)15(20)17(2)3/h13-14,16H,4-12H2,1-3H3. The maximum absolute atomic E-state index is 11.9. The quantitative estimate of drug-likeness (QED) is 0.845. The van der Waals surface area contributed by atoms with Gasteiger partial charge in [0.15, 0.2) is 0 Å². The number of hydrogen-bond donors (Lipinski definition) is 1. The zero-order valence-corrected chi connectivity index (χ0v) is 13.3. The number of nitrogens with one attached hydrogen (secondary N) is 1. The molecule has 2 amide bonds. The first kappa shape index (κ1) is 15.6. The molecule has 0 aromatic carbocycles. The number of carbonyl (C=O) groups is 1. The van der Waals surface area contributed by atoms with Gasteiger partial charge in [0.25, 0.3) is 0 Å². The third-order valence-corrected chi connectivity index (χ3v) is 4.57. The molecule has 1 N–H and O–H groups in total. The molecule has 1 atom stereocenters. The molecule has 2 heterocycles. The van der Waals surface area contributed by atoms with Crippen molar-refractivity contribution in [1.82, 2.24) is 20.0 Å². The number of likely N-dealkylation sites (N-methyl/N-ethyl adjacent to an activating group) is 1. The van der Waals surface area contributed by atoms with Crippen LogP contribution in [-0.2, 0) is 0 Å². The van der Waals surface area contributed by atoms with Crippen molar-refractivity contribution in [2.45, 2.75) is 44.7 Å². The van der Waals surface area contributed by atoms with Gasteiger partial charge in [0.2, 0.25) is 0 Å². The lowest BCUT2D eigenvalue weighted by molar-refractivity contribution is 0.141. The number of urea groups is 1. The van der Waals surface area contributed by atoms with Gasteiger partial charge in [-0.2, -0.15) is 0 Å². The van der Waals surface area contributed by atoms with Gasteiger partial charge in [-0.25, -0.2) is 4.79 Å². The monoisotopic (exact) mass is 282 g/mol. The van der Waals surface area contributed by atoms with Crippen molar-refractivity contribution >= 4 is 6.03 Å². The molecule has 2 aliphatic heterocycles. The minimum absolute atomic E-state index is 0.151. The summed E-state index contributed by atoms with van der Waals surface area (Å²) in [6.07, 6.45) is 4.78. The van der Waals surface area contributed by atoms with Crippen molar-refractivity contribution in [3.05, 3.63) is 0 Å². The highest BCUT2D eigenvalue weighted by Crippen LogP contribution is 2.16. The van der Waals surface area contributed by atoms with Crippen molar-refractivity contribution in [3.8, 4) is 0 Å². The lowest BCUT2D eigenvalue weighted by atomic mass is 10.0. The van der Waals surface area contributed by atoms with Gasteiger partial charge < -0.3 is 20.0 Å². The lowest BCUT2D eigenvalue weighted by Crippen LogP contribution is -2.53. The molecule has 116 valence electrons. The molecule has 0 spiro atoms. The molecular weight excluding hydrogens is 252 g/mol. The van der Waals surface area contributed by atoms with E-state index in [0.29, 0.717) is 12.1 Å². The predicted molar refractivity (Wildman–Crippen MR) is 81.9 cm³/mol. The van der Waals surface area contributed by atoms with E-state index in [1.54, 1.807) is 4.90 Å². The Morgan fingerprint density at radius 3 is 2.45 bits per heavy atom. The maximum Gasteiger partial charge on any atom is 0.319 e. The largest absolute Gasteiger partial charge is 0.331 e. The van der Waals surface area contributed by atoms with Crippen LogP contribution in [0.1, 0.15) is 32.6 Å². The van der Waals surface area contributed by atoms with Crippen LogP contribution in [0.3, 0.4) is 0 Å². The second kappa shape index (κ2) is 7.27. The Balaban J connectivity index is 1.73. The molecule has 0 aromatic heterocycles. The molecule has 0 aromatic rings. The zero-order valence-electron chi connectivity index (χ0n) is 13.3. The van der Waals surface area contributed by atoms with Gasteiger partial charge in [-0.3, -0.25) is 0 Å². The van der Waals surface area contributed by atoms with E-state index in [4.69, 9.17) is 0 Å². The summed E-state index contributed by atoms with van der Waals surface area (Å²) >= 11 is 0. The zero-order chi connectivity index (χ0) is 14.5. The molecule has 0 aliphatic carbocycles. The number of rotatable bonds is 3. The van der Waals surface area contributed by atoms with Crippen LogP contribution in [0, 0.1) is 0 Å². The van der Waals surface area contributed by atoms with E-state index in [0.717, 1.165) is 32.5 Å². The third-order valence-electron chi connectivity index (χ3n) is 4.57. The molecule has 2 saturated heterocycles. The Morgan fingerprint density at radius 1 is 1.15 bits per heavy atom. The van der Waals surface area contributed by atoms with Crippen LogP contribution in [0.4, 0.5) is 4.79 Å². The molecule has 2 aliphatic rings. The Morgan fingerprint density at radius 2 is 1.85 bits per heavy atom. The molecule has 0 bridgehead atoms. The topological polar surface area (TPSA) is 38.8 Å². The fourth-order valence-electron chi connectivity index (χ4n) is 3.33. The summed E-state index contributed by atoms with van der Waals surface area (Å²) in [5.74, 6) is 0. The van der Waals surface area contributed by atoms with E-state index in [1.165, 1.54) is 25.9 Å². The van der Waals surface area contributed by atoms with Gasteiger partial charge in [-0.1, -0.05) is 6.92 Å². The van der Waals surface area contributed by atoms with Gasteiger partial charge in [0.05, 0.1) is 0 Å². The Hall–Kier alpha value is -0.810. The predicted octanol–water partition coefficient (Wildman–Crippen LogP) is 1.21. The second-order valence-electron chi connectivity index (χ2n) is 6.34. The lowest BCUT2D eigenvalue weighted by Gasteiger charge is -2.38. The van der Waals surface area contributed by atoms with Crippen LogP contribution in [0.5, 0.6) is 0 Å². The number of nitrogens with zero attached hydrogens (tertiary/aromatic N) is 3. The normalized spacial score (nSPS) is 25.8. The van der Waals surface area contributed by atoms with E-state index in [-0.39, 0.29) is 6.03 Å². The van der Waals surface area contributed by atoms with Crippen LogP contribution < -0.4 is 5.32 Å². The molecule has 2 fully saturated rings. The van der Waals surface area contributed by atoms with Crippen molar-refractivity contribution in [1.29, 1.82) is 0 Å². The van der Waals surface area contributed by atoms with E-state index >= 15 is 0 Å². The molecule has 20 heavy (non-hydrogen) atoms. The number of hydrogen-bond acceptors (Lipinski definition) is 3. The molecule has 1 unspecified atom stereocenters. The summed E-state index contributed by atoms with van der Waals surface area (Å²) in [5.41, 5.74) is 0.